The van der Waals surface area contributed by atoms with E-state index in [0.717, 1.165) is 60.2 Å². The summed E-state index contributed by atoms with van der Waals surface area (Å²) in [5.74, 6) is 1.79. The van der Waals surface area contributed by atoms with Crippen LogP contribution < -0.4 is 0 Å². The maximum absolute atomic E-state index is 6.84. The minimum atomic E-state index is 0.565. The van der Waals surface area contributed by atoms with Crippen molar-refractivity contribution >= 4 is 43.5 Å². The van der Waals surface area contributed by atoms with Crippen molar-refractivity contribution in [2.24, 2.45) is 0 Å². The first-order chi connectivity index (χ1) is 25.3. The maximum atomic E-state index is 6.84. The Morgan fingerprint density at radius 2 is 0.824 bits per heavy atom. The highest BCUT2D eigenvalue weighted by Crippen LogP contribution is 2.42. The van der Waals surface area contributed by atoms with Crippen molar-refractivity contribution in [1.29, 1.82) is 0 Å². The lowest BCUT2D eigenvalue weighted by molar-refractivity contribution is 0.673. The van der Waals surface area contributed by atoms with E-state index in [9.17, 15) is 0 Å². The van der Waals surface area contributed by atoms with E-state index >= 15 is 0 Å². The third-order valence-electron chi connectivity index (χ3n) is 9.70. The Labute approximate surface area is 294 Å². The van der Waals surface area contributed by atoms with Gasteiger partial charge >= 0.3 is 0 Å². The minimum absolute atomic E-state index is 0.565. The second-order valence-corrected chi connectivity index (χ2v) is 12.8. The van der Waals surface area contributed by atoms with Gasteiger partial charge in [0.1, 0.15) is 11.2 Å². The zero-order valence-corrected chi connectivity index (χ0v) is 27.5. The van der Waals surface area contributed by atoms with Gasteiger partial charge in [0, 0.05) is 27.3 Å². The number of para-hydroxylation sites is 1. The van der Waals surface area contributed by atoms with Gasteiger partial charge in [0.25, 0.3) is 0 Å². The van der Waals surface area contributed by atoms with Crippen LogP contribution in [0.5, 0.6) is 0 Å². The quantitative estimate of drug-likeness (QED) is 0.186. The Hall–Kier alpha value is -6.91. The Bertz CT molecular complexity index is 2900. The van der Waals surface area contributed by atoms with Crippen molar-refractivity contribution in [3.05, 3.63) is 176 Å². The van der Waals surface area contributed by atoms with Crippen LogP contribution in [0, 0.1) is 0 Å². The third kappa shape index (κ3) is 5.04. The van der Waals surface area contributed by atoms with E-state index in [1.165, 1.54) is 22.3 Å². The first-order valence-electron chi connectivity index (χ1n) is 17.1. The predicted molar refractivity (Wildman–Crippen MR) is 209 cm³/mol. The number of hydrogen-bond donors (Lipinski definition) is 0. The highest BCUT2D eigenvalue weighted by atomic mass is 16.3. The van der Waals surface area contributed by atoms with Crippen LogP contribution in [0.2, 0.25) is 0 Å². The van der Waals surface area contributed by atoms with Gasteiger partial charge in [-0.05, 0) is 62.7 Å². The van der Waals surface area contributed by atoms with Crippen LogP contribution in [0.25, 0.3) is 99.9 Å². The molecule has 2 aromatic heterocycles. The van der Waals surface area contributed by atoms with Gasteiger partial charge in [-0.1, -0.05) is 152 Å². The molecule has 51 heavy (non-hydrogen) atoms. The summed E-state index contributed by atoms with van der Waals surface area (Å²) < 4.78 is 6.84. The van der Waals surface area contributed by atoms with Crippen LogP contribution in [0.4, 0.5) is 0 Å². The van der Waals surface area contributed by atoms with Gasteiger partial charge in [0.15, 0.2) is 17.5 Å². The van der Waals surface area contributed by atoms with E-state index in [4.69, 9.17) is 19.4 Å². The van der Waals surface area contributed by atoms with E-state index in [2.05, 4.69) is 133 Å². The molecular weight excluding hydrogens is 623 g/mol. The van der Waals surface area contributed by atoms with Gasteiger partial charge in [-0.2, -0.15) is 0 Å². The summed E-state index contributed by atoms with van der Waals surface area (Å²) in [6.45, 7) is 0. The zero-order chi connectivity index (χ0) is 33.7. The topological polar surface area (TPSA) is 51.8 Å². The molecule has 238 valence electrons. The Morgan fingerprint density at radius 3 is 1.55 bits per heavy atom. The van der Waals surface area contributed by atoms with Gasteiger partial charge < -0.3 is 4.42 Å². The summed E-state index contributed by atoms with van der Waals surface area (Å²) in [6.07, 6.45) is 0. The lowest BCUT2D eigenvalue weighted by Crippen LogP contribution is -2.00. The van der Waals surface area contributed by atoms with Crippen molar-refractivity contribution in [1.82, 2.24) is 15.0 Å². The molecule has 0 aliphatic heterocycles. The van der Waals surface area contributed by atoms with Crippen LogP contribution in [-0.2, 0) is 0 Å². The first kappa shape index (κ1) is 29.0. The number of aromatic nitrogens is 3. The van der Waals surface area contributed by atoms with Gasteiger partial charge in [-0.15, -0.1) is 0 Å². The molecule has 0 saturated heterocycles. The van der Waals surface area contributed by atoms with E-state index in [-0.39, 0.29) is 0 Å². The molecule has 8 aromatic carbocycles. The molecule has 0 N–H and O–H groups in total. The van der Waals surface area contributed by atoms with Gasteiger partial charge in [0.2, 0.25) is 0 Å². The molecule has 0 aliphatic carbocycles. The van der Waals surface area contributed by atoms with E-state index in [1.54, 1.807) is 0 Å². The Balaban J connectivity index is 1.17. The largest absolute Gasteiger partial charge is 0.455 e. The fourth-order valence-corrected chi connectivity index (χ4v) is 7.19. The molecule has 0 bridgehead atoms. The monoisotopic (exact) mass is 651 g/mol. The molecule has 0 unspecified atom stereocenters. The molecule has 10 rings (SSSR count). The highest BCUT2D eigenvalue weighted by Gasteiger charge is 2.20. The standard InChI is InChI=1S/C47H29N3O/c1-4-13-30(14-5-1)33-23-24-35-28-36(26-25-34(35)27-33)46-48-45(32-17-8-3-9-18-32)49-47(50-46)40-22-12-21-39-42-29-41(31-15-6-2-7-16-31)37-19-10-11-20-38(37)44(42)51-43(39)40/h1-29H. The summed E-state index contributed by atoms with van der Waals surface area (Å²) >= 11 is 0. The fraction of sp³-hybridized carbons (Fsp3) is 0. The number of hydrogen-bond acceptors (Lipinski definition) is 4. The van der Waals surface area contributed by atoms with Gasteiger partial charge in [-0.25, -0.2) is 15.0 Å². The highest BCUT2D eigenvalue weighted by molar-refractivity contribution is 6.20. The number of fused-ring (bicyclic) bond motifs is 6. The van der Waals surface area contributed by atoms with E-state index in [1.807, 2.05) is 42.5 Å². The molecule has 2 heterocycles. The minimum Gasteiger partial charge on any atom is -0.455 e. The molecule has 0 fully saturated rings. The SMILES string of the molecule is c1ccc(-c2ccc3cc(-c4nc(-c5ccccc5)nc(-c5cccc6c5oc5c7ccccc7c(-c7ccccc7)cc65)n4)ccc3c2)cc1. The number of rotatable bonds is 5. The summed E-state index contributed by atoms with van der Waals surface area (Å²) in [6, 6.07) is 61.0. The molecule has 0 radical (unpaired) electrons. The zero-order valence-electron chi connectivity index (χ0n) is 27.5. The molecule has 0 atom stereocenters. The van der Waals surface area contributed by atoms with Crippen LogP contribution in [0.3, 0.4) is 0 Å². The van der Waals surface area contributed by atoms with Gasteiger partial charge in [0.05, 0.1) is 5.56 Å². The molecule has 4 nitrogen and oxygen atoms in total. The molecule has 0 spiro atoms. The molecule has 0 amide bonds. The summed E-state index contributed by atoms with van der Waals surface area (Å²) in [4.78, 5) is 15.2. The normalized spacial score (nSPS) is 11.5. The average Bonchev–Trinajstić information content (AvgIpc) is 3.60. The Kier molecular flexibility index (Phi) is 6.78. The van der Waals surface area contributed by atoms with Crippen molar-refractivity contribution in [3.63, 3.8) is 0 Å². The fourth-order valence-electron chi connectivity index (χ4n) is 7.19. The smallest absolute Gasteiger partial charge is 0.167 e. The van der Waals surface area contributed by atoms with E-state index < -0.39 is 0 Å². The van der Waals surface area contributed by atoms with E-state index in [0.29, 0.717) is 17.5 Å². The lowest BCUT2D eigenvalue weighted by Gasteiger charge is -2.10. The number of nitrogens with zero attached hydrogens (tertiary/aromatic N) is 3. The van der Waals surface area contributed by atoms with Crippen molar-refractivity contribution in [2.45, 2.75) is 0 Å². The summed E-state index contributed by atoms with van der Waals surface area (Å²) in [5.41, 5.74) is 9.01. The molecule has 10 aromatic rings. The van der Waals surface area contributed by atoms with Crippen molar-refractivity contribution < 1.29 is 4.42 Å². The number of benzene rings is 8. The third-order valence-corrected chi connectivity index (χ3v) is 9.70. The molecule has 4 heteroatoms. The van der Waals surface area contributed by atoms with Crippen LogP contribution in [0.15, 0.2) is 180 Å². The summed E-state index contributed by atoms with van der Waals surface area (Å²) in [7, 11) is 0. The van der Waals surface area contributed by atoms with Crippen LogP contribution in [-0.4, -0.2) is 15.0 Å². The number of furan rings is 1. The molecular formula is C47H29N3O. The van der Waals surface area contributed by atoms with Crippen LogP contribution >= 0.6 is 0 Å². The first-order valence-corrected chi connectivity index (χ1v) is 17.1. The maximum Gasteiger partial charge on any atom is 0.167 e. The predicted octanol–water partition coefficient (Wildman–Crippen LogP) is 12.4. The Morgan fingerprint density at radius 1 is 0.294 bits per heavy atom. The second-order valence-electron chi connectivity index (χ2n) is 12.8. The molecule has 0 saturated carbocycles. The van der Waals surface area contributed by atoms with Gasteiger partial charge in [-0.3, -0.25) is 0 Å². The average molecular weight is 652 g/mol. The van der Waals surface area contributed by atoms with Crippen molar-refractivity contribution in [3.8, 4) is 56.4 Å². The summed E-state index contributed by atoms with van der Waals surface area (Å²) in [5, 5.41) is 6.59. The molecule has 0 aliphatic rings. The second kappa shape index (κ2) is 11.9. The lowest BCUT2D eigenvalue weighted by atomic mass is 9.95. The van der Waals surface area contributed by atoms with Crippen LogP contribution in [0.1, 0.15) is 0 Å². The van der Waals surface area contributed by atoms with Crippen molar-refractivity contribution in [2.75, 3.05) is 0 Å².